The van der Waals surface area contributed by atoms with Crippen molar-refractivity contribution in [3.63, 3.8) is 0 Å². The van der Waals surface area contributed by atoms with Gasteiger partial charge >= 0.3 is 0 Å². The van der Waals surface area contributed by atoms with Crippen LogP contribution in [-0.4, -0.2) is 26.2 Å². The van der Waals surface area contributed by atoms with Gasteiger partial charge in [-0.25, -0.2) is 4.98 Å². The van der Waals surface area contributed by atoms with Gasteiger partial charge in [-0.2, -0.15) is 5.26 Å². The maximum Gasteiger partial charge on any atom is 0.266 e. The minimum atomic E-state index is -0.977. The highest BCUT2D eigenvalue weighted by atomic mass is 32.2. The van der Waals surface area contributed by atoms with Crippen LogP contribution < -0.4 is 10.9 Å². The summed E-state index contributed by atoms with van der Waals surface area (Å²) in [4.78, 5) is 31.2. The predicted molar refractivity (Wildman–Crippen MR) is 129 cm³/mol. The summed E-state index contributed by atoms with van der Waals surface area (Å²) in [5.41, 5.74) is 2.13. The molecule has 32 heavy (non-hydrogen) atoms. The molecule has 1 amide bonds. The average molecular weight is 449 g/mol. The quantitative estimate of drug-likeness (QED) is 0.442. The Kier molecular flexibility index (Phi) is 6.75. The van der Waals surface area contributed by atoms with Crippen LogP contribution in [0.15, 0.2) is 52.4 Å². The first-order valence-electron chi connectivity index (χ1n) is 10.6. The number of nitrogens with zero attached hydrogens (tertiary/aromatic N) is 3. The molecular formula is C25H28N4O2S. The molecule has 0 aliphatic carbocycles. The van der Waals surface area contributed by atoms with Gasteiger partial charge in [-0.3, -0.25) is 14.2 Å². The molecule has 0 bridgehead atoms. The topological polar surface area (TPSA) is 87.8 Å². The summed E-state index contributed by atoms with van der Waals surface area (Å²) in [5, 5.41) is 12.8. The molecule has 1 heterocycles. The van der Waals surface area contributed by atoms with Crippen molar-refractivity contribution >= 4 is 28.6 Å². The van der Waals surface area contributed by atoms with E-state index in [0.29, 0.717) is 16.1 Å². The molecule has 0 aliphatic heterocycles. The largest absolute Gasteiger partial charge is 0.337 e. The Hall–Kier alpha value is -3.11. The van der Waals surface area contributed by atoms with E-state index in [2.05, 4.69) is 11.4 Å². The number of aromatic nitrogens is 2. The SMILES string of the molecule is Cc1ccc(C)c(-n2c(SC(C)C(=O)NC(C)(C#N)C(C)C)nc3ccccc3c2=O)c1. The summed E-state index contributed by atoms with van der Waals surface area (Å²) in [5.74, 6) is -0.330. The third-order valence-corrected chi connectivity index (χ3v) is 6.82. The highest BCUT2D eigenvalue weighted by Gasteiger charge is 2.32. The molecule has 0 saturated carbocycles. The third kappa shape index (κ3) is 4.56. The number of carbonyl (C=O) groups is 1. The van der Waals surface area contributed by atoms with Gasteiger partial charge in [0.2, 0.25) is 5.91 Å². The van der Waals surface area contributed by atoms with Crippen molar-refractivity contribution < 1.29 is 4.79 Å². The van der Waals surface area contributed by atoms with Gasteiger partial charge in [0.15, 0.2) is 5.16 Å². The van der Waals surface area contributed by atoms with Crippen LogP contribution in [-0.2, 0) is 4.79 Å². The minimum absolute atomic E-state index is 0.0550. The summed E-state index contributed by atoms with van der Waals surface area (Å²) in [6.07, 6.45) is 0. The molecule has 2 atom stereocenters. The first-order valence-corrected chi connectivity index (χ1v) is 11.4. The zero-order valence-electron chi connectivity index (χ0n) is 19.3. The van der Waals surface area contributed by atoms with Gasteiger partial charge in [-0.05, 0) is 62.9 Å². The van der Waals surface area contributed by atoms with Crippen molar-refractivity contribution in [2.75, 3.05) is 0 Å². The Bertz CT molecular complexity index is 1280. The molecule has 7 heteroatoms. The number of amides is 1. The number of nitrogens with one attached hydrogen (secondary N) is 1. The molecule has 3 aromatic rings. The summed E-state index contributed by atoms with van der Waals surface area (Å²) >= 11 is 1.21. The number of carbonyl (C=O) groups excluding carboxylic acids is 1. The van der Waals surface area contributed by atoms with Crippen LogP contribution in [0.2, 0.25) is 0 Å². The van der Waals surface area contributed by atoms with Crippen LogP contribution in [0.3, 0.4) is 0 Å². The Morgan fingerprint density at radius 1 is 1.19 bits per heavy atom. The second-order valence-corrected chi connectivity index (χ2v) is 9.87. The molecule has 0 aliphatic rings. The lowest BCUT2D eigenvalue weighted by molar-refractivity contribution is -0.121. The molecule has 0 saturated heterocycles. The van der Waals surface area contributed by atoms with Crippen molar-refractivity contribution in [1.82, 2.24) is 14.9 Å². The zero-order valence-corrected chi connectivity index (χ0v) is 20.1. The average Bonchev–Trinajstić information content (AvgIpc) is 2.75. The molecule has 166 valence electrons. The number of rotatable bonds is 6. The van der Waals surface area contributed by atoms with E-state index in [1.165, 1.54) is 11.8 Å². The second-order valence-electron chi connectivity index (χ2n) is 8.56. The van der Waals surface area contributed by atoms with E-state index in [1.807, 2.05) is 58.0 Å². The van der Waals surface area contributed by atoms with Crippen molar-refractivity contribution in [3.8, 4) is 11.8 Å². The molecule has 3 rings (SSSR count). The number of thioether (sulfide) groups is 1. The normalized spacial score (nSPS) is 14.1. The van der Waals surface area contributed by atoms with E-state index in [9.17, 15) is 14.9 Å². The lowest BCUT2D eigenvalue weighted by Gasteiger charge is -2.28. The Morgan fingerprint density at radius 3 is 2.53 bits per heavy atom. The summed E-state index contributed by atoms with van der Waals surface area (Å²) in [6, 6.07) is 15.3. The molecule has 2 unspecified atom stereocenters. The molecule has 6 nitrogen and oxygen atoms in total. The molecule has 0 fully saturated rings. The molecule has 2 aromatic carbocycles. The van der Waals surface area contributed by atoms with Gasteiger partial charge < -0.3 is 5.32 Å². The van der Waals surface area contributed by atoms with Gasteiger partial charge in [0.25, 0.3) is 5.56 Å². The molecular weight excluding hydrogens is 420 g/mol. The van der Waals surface area contributed by atoms with Crippen molar-refractivity contribution in [2.45, 2.75) is 57.5 Å². The third-order valence-electron chi connectivity index (χ3n) is 5.77. The van der Waals surface area contributed by atoms with Crippen LogP contribution in [0, 0.1) is 31.1 Å². The van der Waals surface area contributed by atoms with Gasteiger partial charge in [-0.15, -0.1) is 0 Å². The highest BCUT2D eigenvalue weighted by Crippen LogP contribution is 2.27. The smallest absolute Gasteiger partial charge is 0.266 e. The van der Waals surface area contributed by atoms with E-state index in [4.69, 9.17) is 4.98 Å². The fourth-order valence-electron chi connectivity index (χ4n) is 3.23. The number of hydrogen-bond donors (Lipinski definition) is 1. The Labute approximate surface area is 192 Å². The molecule has 0 spiro atoms. The molecule has 1 N–H and O–H groups in total. The number of aryl methyl sites for hydroxylation is 2. The van der Waals surface area contributed by atoms with Gasteiger partial charge in [-0.1, -0.05) is 49.9 Å². The Balaban J connectivity index is 2.10. The van der Waals surface area contributed by atoms with Crippen LogP contribution in [0.4, 0.5) is 0 Å². The fourth-order valence-corrected chi connectivity index (χ4v) is 4.15. The number of nitriles is 1. The number of benzene rings is 2. The van der Waals surface area contributed by atoms with E-state index in [1.54, 1.807) is 30.5 Å². The summed E-state index contributed by atoms with van der Waals surface area (Å²) in [6.45, 7) is 11.2. The summed E-state index contributed by atoms with van der Waals surface area (Å²) in [7, 11) is 0. The molecule has 0 radical (unpaired) electrons. The van der Waals surface area contributed by atoms with E-state index >= 15 is 0 Å². The van der Waals surface area contributed by atoms with E-state index in [0.717, 1.165) is 16.8 Å². The minimum Gasteiger partial charge on any atom is -0.337 e. The van der Waals surface area contributed by atoms with Crippen LogP contribution >= 0.6 is 11.8 Å². The van der Waals surface area contributed by atoms with Gasteiger partial charge in [0.05, 0.1) is 27.9 Å². The number of para-hydroxylation sites is 1. The van der Waals surface area contributed by atoms with Crippen LogP contribution in [0.25, 0.3) is 16.6 Å². The Morgan fingerprint density at radius 2 is 1.88 bits per heavy atom. The predicted octanol–water partition coefficient (Wildman–Crippen LogP) is 4.54. The first-order chi connectivity index (χ1) is 15.1. The van der Waals surface area contributed by atoms with E-state index < -0.39 is 10.8 Å². The standard InChI is InChI=1S/C25H28N4O2S/c1-15(2)25(6,14-26)28-22(30)18(5)32-24-27-20-10-8-7-9-19(20)23(31)29(24)21-13-16(3)11-12-17(21)4/h7-13,15,18H,1-6H3,(H,28,30). The lowest BCUT2D eigenvalue weighted by Crippen LogP contribution is -2.51. The lowest BCUT2D eigenvalue weighted by atomic mass is 9.90. The maximum absolute atomic E-state index is 13.5. The highest BCUT2D eigenvalue weighted by molar-refractivity contribution is 8.00. The zero-order chi connectivity index (χ0) is 23.6. The first kappa shape index (κ1) is 23.6. The van der Waals surface area contributed by atoms with Crippen molar-refractivity contribution in [1.29, 1.82) is 5.26 Å². The van der Waals surface area contributed by atoms with Crippen LogP contribution in [0.1, 0.15) is 38.8 Å². The number of hydrogen-bond acceptors (Lipinski definition) is 5. The van der Waals surface area contributed by atoms with Crippen molar-refractivity contribution in [2.24, 2.45) is 5.92 Å². The molecule has 1 aromatic heterocycles. The van der Waals surface area contributed by atoms with Crippen LogP contribution in [0.5, 0.6) is 0 Å². The monoisotopic (exact) mass is 448 g/mol. The van der Waals surface area contributed by atoms with Crippen molar-refractivity contribution in [3.05, 3.63) is 63.9 Å². The maximum atomic E-state index is 13.5. The number of fused-ring (bicyclic) bond motifs is 1. The summed E-state index contributed by atoms with van der Waals surface area (Å²) < 4.78 is 1.59. The second kappa shape index (κ2) is 9.17. The fraction of sp³-hybridized carbons (Fsp3) is 0.360. The van der Waals surface area contributed by atoms with E-state index in [-0.39, 0.29) is 17.4 Å². The van der Waals surface area contributed by atoms with Gasteiger partial charge in [0, 0.05) is 0 Å². The van der Waals surface area contributed by atoms with Gasteiger partial charge in [0.1, 0.15) is 5.54 Å².